The molecule has 1 aromatic carbocycles. The fourth-order valence-corrected chi connectivity index (χ4v) is 2.44. The van der Waals surface area contributed by atoms with Crippen molar-refractivity contribution in [3.8, 4) is 0 Å². The summed E-state index contributed by atoms with van der Waals surface area (Å²) in [5.74, 6) is -0.304. The second kappa shape index (κ2) is 4.46. The normalized spacial score (nSPS) is 19.3. The van der Waals surface area contributed by atoms with Gasteiger partial charge < -0.3 is 14.0 Å². The van der Waals surface area contributed by atoms with Gasteiger partial charge in [0, 0.05) is 18.2 Å². The number of carbonyl (C=O) groups is 1. The fourth-order valence-electron chi connectivity index (χ4n) is 2.44. The molecule has 3 rings (SSSR count). The number of hydrogen-bond donors (Lipinski definition) is 0. The third-order valence-corrected chi connectivity index (χ3v) is 3.36. The Hall–Kier alpha value is -1.81. The molecule has 4 nitrogen and oxygen atoms in total. The predicted octanol–water partition coefficient (Wildman–Crippen LogP) is 2.74. The van der Waals surface area contributed by atoms with Crippen LogP contribution in [0.25, 0.3) is 10.9 Å². The SMILES string of the molecule is COC(=O)c1ccc2c(ccn2C2CCCO2)c1. The Morgan fingerprint density at radius 1 is 1.44 bits per heavy atom. The highest BCUT2D eigenvalue weighted by Crippen LogP contribution is 2.28. The van der Waals surface area contributed by atoms with E-state index in [1.54, 1.807) is 6.07 Å². The van der Waals surface area contributed by atoms with Crippen molar-refractivity contribution in [3.05, 3.63) is 36.0 Å². The summed E-state index contributed by atoms with van der Waals surface area (Å²) < 4.78 is 12.5. The Kier molecular flexibility index (Phi) is 2.80. The average molecular weight is 245 g/mol. The van der Waals surface area contributed by atoms with Crippen LogP contribution in [0.2, 0.25) is 0 Å². The van der Waals surface area contributed by atoms with E-state index in [9.17, 15) is 4.79 Å². The van der Waals surface area contributed by atoms with Gasteiger partial charge in [0.15, 0.2) is 0 Å². The number of hydrogen-bond acceptors (Lipinski definition) is 3. The number of methoxy groups -OCH3 is 1. The largest absolute Gasteiger partial charge is 0.465 e. The van der Waals surface area contributed by atoms with Gasteiger partial charge in [-0.25, -0.2) is 4.79 Å². The highest BCUT2D eigenvalue weighted by atomic mass is 16.5. The van der Waals surface area contributed by atoms with E-state index in [-0.39, 0.29) is 12.2 Å². The molecule has 4 heteroatoms. The van der Waals surface area contributed by atoms with Gasteiger partial charge in [-0.15, -0.1) is 0 Å². The molecule has 0 amide bonds. The molecule has 0 spiro atoms. The molecule has 1 atom stereocenters. The number of benzene rings is 1. The smallest absolute Gasteiger partial charge is 0.337 e. The Labute approximate surface area is 105 Å². The first-order valence-electron chi connectivity index (χ1n) is 6.10. The Balaban J connectivity index is 2.02. The first-order chi connectivity index (χ1) is 8.79. The standard InChI is InChI=1S/C14H15NO3/c1-17-14(16)11-4-5-12-10(9-11)6-7-15(12)13-3-2-8-18-13/h4-7,9,13H,2-3,8H2,1H3. The third-order valence-electron chi connectivity index (χ3n) is 3.36. The number of esters is 1. The minimum atomic E-state index is -0.304. The van der Waals surface area contributed by atoms with Gasteiger partial charge in [-0.3, -0.25) is 0 Å². The van der Waals surface area contributed by atoms with E-state index >= 15 is 0 Å². The second-order valence-corrected chi connectivity index (χ2v) is 4.46. The molecule has 0 saturated carbocycles. The highest BCUT2D eigenvalue weighted by molar-refractivity contribution is 5.94. The lowest BCUT2D eigenvalue weighted by molar-refractivity contribution is 0.0600. The zero-order valence-electron chi connectivity index (χ0n) is 10.3. The number of fused-ring (bicyclic) bond motifs is 1. The van der Waals surface area contributed by atoms with Gasteiger partial charge in [-0.1, -0.05) is 0 Å². The molecule has 2 heterocycles. The summed E-state index contributed by atoms with van der Waals surface area (Å²) in [6.07, 6.45) is 4.29. The van der Waals surface area contributed by atoms with Gasteiger partial charge in [0.2, 0.25) is 0 Å². The molecular formula is C14H15NO3. The lowest BCUT2D eigenvalue weighted by atomic mass is 10.1. The van der Waals surface area contributed by atoms with E-state index in [0.717, 1.165) is 30.4 Å². The first-order valence-corrected chi connectivity index (χ1v) is 6.10. The molecule has 1 aliphatic heterocycles. The van der Waals surface area contributed by atoms with E-state index < -0.39 is 0 Å². The topological polar surface area (TPSA) is 40.5 Å². The van der Waals surface area contributed by atoms with Crippen LogP contribution >= 0.6 is 0 Å². The summed E-state index contributed by atoms with van der Waals surface area (Å²) in [6.45, 7) is 0.824. The lowest BCUT2D eigenvalue weighted by Crippen LogP contribution is -2.05. The van der Waals surface area contributed by atoms with Crippen molar-refractivity contribution in [1.29, 1.82) is 0 Å². The van der Waals surface area contributed by atoms with Crippen LogP contribution in [0.1, 0.15) is 29.4 Å². The van der Waals surface area contributed by atoms with Gasteiger partial charge in [-0.2, -0.15) is 0 Å². The van der Waals surface area contributed by atoms with Gasteiger partial charge in [0.05, 0.1) is 18.2 Å². The molecule has 0 bridgehead atoms. The maximum absolute atomic E-state index is 11.5. The first kappa shape index (κ1) is 11.3. The van der Waals surface area contributed by atoms with E-state index in [0.29, 0.717) is 5.56 Å². The van der Waals surface area contributed by atoms with Crippen LogP contribution in [-0.4, -0.2) is 24.3 Å². The summed E-state index contributed by atoms with van der Waals surface area (Å²) in [6, 6.07) is 7.60. The average Bonchev–Trinajstić information content (AvgIpc) is 3.05. The quantitative estimate of drug-likeness (QED) is 0.764. The predicted molar refractivity (Wildman–Crippen MR) is 67.5 cm³/mol. The van der Waals surface area contributed by atoms with Crippen molar-refractivity contribution in [3.63, 3.8) is 0 Å². The van der Waals surface area contributed by atoms with Crippen molar-refractivity contribution in [2.24, 2.45) is 0 Å². The summed E-state index contributed by atoms with van der Waals surface area (Å²) >= 11 is 0. The van der Waals surface area contributed by atoms with Crippen LogP contribution in [-0.2, 0) is 9.47 Å². The third kappa shape index (κ3) is 1.78. The molecule has 2 aromatic rings. The van der Waals surface area contributed by atoms with Gasteiger partial charge in [-0.05, 0) is 37.1 Å². The summed E-state index contributed by atoms with van der Waals surface area (Å²) in [5, 5.41) is 1.04. The van der Waals surface area contributed by atoms with Crippen LogP contribution in [0, 0.1) is 0 Å². The molecule has 18 heavy (non-hydrogen) atoms. The molecule has 0 aliphatic carbocycles. The monoisotopic (exact) mass is 245 g/mol. The van der Waals surface area contributed by atoms with Crippen LogP contribution in [0.15, 0.2) is 30.5 Å². The Morgan fingerprint density at radius 3 is 3.06 bits per heavy atom. The van der Waals surface area contributed by atoms with E-state index in [2.05, 4.69) is 4.57 Å². The minimum Gasteiger partial charge on any atom is -0.465 e. The van der Waals surface area contributed by atoms with Crippen molar-refractivity contribution in [2.75, 3.05) is 13.7 Å². The maximum atomic E-state index is 11.5. The maximum Gasteiger partial charge on any atom is 0.337 e. The molecular weight excluding hydrogens is 230 g/mol. The van der Waals surface area contributed by atoms with Crippen molar-refractivity contribution in [2.45, 2.75) is 19.1 Å². The van der Waals surface area contributed by atoms with Crippen molar-refractivity contribution in [1.82, 2.24) is 4.57 Å². The molecule has 0 radical (unpaired) electrons. The van der Waals surface area contributed by atoms with Crippen molar-refractivity contribution >= 4 is 16.9 Å². The molecule has 94 valence electrons. The Bertz CT molecular complexity index is 582. The second-order valence-electron chi connectivity index (χ2n) is 4.46. The highest BCUT2D eigenvalue weighted by Gasteiger charge is 2.19. The molecule has 1 unspecified atom stereocenters. The van der Waals surface area contributed by atoms with Crippen LogP contribution in [0.3, 0.4) is 0 Å². The van der Waals surface area contributed by atoms with E-state index in [1.165, 1.54) is 7.11 Å². The number of rotatable bonds is 2. The van der Waals surface area contributed by atoms with Crippen molar-refractivity contribution < 1.29 is 14.3 Å². The van der Waals surface area contributed by atoms with Gasteiger partial charge in [0.25, 0.3) is 0 Å². The molecule has 1 aromatic heterocycles. The number of ether oxygens (including phenoxy) is 2. The van der Waals surface area contributed by atoms with Gasteiger partial charge >= 0.3 is 5.97 Å². The van der Waals surface area contributed by atoms with E-state index in [4.69, 9.17) is 9.47 Å². The fraction of sp³-hybridized carbons (Fsp3) is 0.357. The summed E-state index contributed by atoms with van der Waals surface area (Å²) in [4.78, 5) is 11.5. The Morgan fingerprint density at radius 2 is 2.33 bits per heavy atom. The number of aromatic nitrogens is 1. The minimum absolute atomic E-state index is 0.131. The van der Waals surface area contributed by atoms with E-state index in [1.807, 2.05) is 24.4 Å². The molecule has 1 saturated heterocycles. The zero-order chi connectivity index (χ0) is 12.5. The molecule has 1 aliphatic rings. The lowest BCUT2D eigenvalue weighted by Gasteiger charge is -2.13. The van der Waals surface area contributed by atoms with Crippen LogP contribution in [0.5, 0.6) is 0 Å². The number of nitrogens with zero attached hydrogens (tertiary/aromatic N) is 1. The zero-order valence-corrected chi connectivity index (χ0v) is 10.3. The van der Waals surface area contributed by atoms with Crippen LogP contribution < -0.4 is 0 Å². The number of carbonyl (C=O) groups excluding carboxylic acids is 1. The summed E-state index contributed by atoms with van der Waals surface area (Å²) in [5.41, 5.74) is 1.67. The molecule has 0 N–H and O–H groups in total. The summed E-state index contributed by atoms with van der Waals surface area (Å²) in [7, 11) is 1.39. The van der Waals surface area contributed by atoms with Crippen LogP contribution in [0.4, 0.5) is 0 Å². The van der Waals surface area contributed by atoms with Gasteiger partial charge in [0.1, 0.15) is 6.23 Å². The molecule has 1 fully saturated rings.